The molecule has 0 aromatic heterocycles. The fraction of sp³-hybridized carbons (Fsp3) is 1.00. The zero-order valence-corrected chi connectivity index (χ0v) is 18.8. The molecule has 6 nitrogen and oxygen atoms in total. The first-order chi connectivity index (χ1) is 12.6. The minimum Gasteiger partial charge on any atom is -0.756 e. The van der Waals surface area contributed by atoms with Crippen molar-refractivity contribution in [1.82, 2.24) is 0 Å². The van der Waals surface area contributed by atoms with Gasteiger partial charge in [0.1, 0.15) is 0 Å². The first kappa shape index (κ1) is 26.5. The number of ether oxygens (including phenoxy) is 2. The first-order valence-corrected chi connectivity index (χ1v) is 12.5. The molecule has 0 aromatic rings. The third-order valence-electron chi connectivity index (χ3n) is 3.82. The molecule has 0 bridgehead atoms. The summed E-state index contributed by atoms with van der Waals surface area (Å²) in [5.74, 6) is 0. The Kier molecular flexibility index (Phi) is 20.6. The van der Waals surface area contributed by atoms with E-state index in [0.29, 0.717) is 18.5 Å². The van der Waals surface area contributed by atoms with Crippen molar-refractivity contribution in [2.45, 2.75) is 71.1 Å². The third-order valence-corrected chi connectivity index (χ3v) is 5.14. The lowest BCUT2D eigenvalue weighted by Crippen LogP contribution is -2.14. The van der Waals surface area contributed by atoms with Gasteiger partial charge in [0.15, 0.2) is 0 Å². The van der Waals surface area contributed by atoms with Crippen molar-refractivity contribution < 1.29 is 28.0 Å². The van der Waals surface area contributed by atoms with Gasteiger partial charge in [-0.3, -0.25) is 4.57 Å². The van der Waals surface area contributed by atoms with Crippen LogP contribution in [0.4, 0.5) is 0 Å². The highest BCUT2D eigenvalue weighted by Gasteiger charge is 2.07. The van der Waals surface area contributed by atoms with Gasteiger partial charge in [0.25, 0.3) is 7.82 Å². The zero-order chi connectivity index (χ0) is 19.3. The van der Waals surface area contributed by atoms with Crippen LogP contribution in [0.15, 0.2) is 0 Å². The normalized spacial score (nSPS) is 13.8. The molecule has 0 saturated heterocycles. The lowest BCUT2D eigenvalue weighted by atomic mass is 10.1. The maximum atomic E-state index is 11.2. The molecule has 158 valence electrons. The second-order valence-corrected chi connectivity index (χ2v) is 8.41. The van der Waals surface area contributed by atoms with Gasteiger partial charge in [-0.2, -0.15) is 0 Å². The molecule has 0 aliphatic heterocycles. The van der Waals surface area contributed by atoms with Gasteiger partial charge in [0.2, 0.25) is 0 Å². The largest absolute Gasteiger partial charge is 0.756 e. The van der Waals surface area contributed by atoms with Crippen molar-refractivity contribution in [2.24, 2.45) is 0 Å². The molecular formula is C18H37BrO6P-. The van der Waals surface area contributed by atoms with E-state index in [0.717, 1.165) is 13.0 Å². The first-order valence-electron chi connectivity index (χ1n) is 9.94. The lowest BCUT2D eigenvalue weighted by molar-refractivity contribution is -0.225. The van der Waals surface area contributed by atoms with E-state index in [9.17, 15) is 9.46 Å². The smallest absolute Gasteiger partial charge is 0.267 e. The highest BCUT2D eigenvalue weighted by Crippen LogP contribution is 2.37. The van der Waals surface area contributed by atoms with E-state index in [4.69, 9.17) is 9.47 Å². The number of hydrogen-bond acceptors (Lipinski definition) is 6. The molecule has 0 heterocycles. The molecule has 26 heavy (non-hydrogen) atoms. The SMILES string of the molecule is CCCCCCCCCCCCOCCOCCOP(=O)([O-])OCCBr. The predicted octanol–water partition coefficient (Wildman–Crippen LogP) is 4.84. The molecule has 0 aromatic carbocycles. The maximum absolute atomic E-state index is 11.2. The summed E-state index contributed by atoms with van der Waals surface area (Å²) in [5.41, 5.74) is 0. The lowest BCUT2D eigenvalue weighted by Gasteiger charge is -2.21. The van der Waals surface area contributed by atoms with Crippen LogP contribution < -0.4 is 4.89 Å². The number of phosphoric ester groups is 1. The highest BCUT2D eigenvalue weighted by atomic mass is 79.9. The number of hydrogen-bond donors (Lipinski definition) is 0. The van der Waals surface area contributed by atoms with E-state index in [1.54, 1.807) is 0 Å². The van der Waals surface area contributed by atoms with Crippen LogP contribution in [0.5, 0.6) is 0 Å². The van der Waals surface area contributed by atoms with Crippen molar-refractivity contribution in [3.8, 4) is 0 Å². The fourth-order valence-electron chi connectivity index (χ4n) is 2.41. The van der Waals surface area contributed by atoms with E-state index in [2.05, 4.69) is 31.9 Å². The van der Waals surface area contributed by atoms with Gasteiger partial charge < -0.3 is 23.4 Å². The molecular weight excluding hydrogens is 423 g/mol. The number of rotatable bonds is 21. The molecule has 1 atom stereocenters. The molecule has 0 fully saturated rings. The third kappa shape index (κ3) is 20.8. The topological polar surface area (TPSA) is 77.1 Å². The Bertz CT molecular complexity index is 333. The summed E-state index contributed by atoms with van der Waals surface area (Å²) in [6.45, 7) is 4.19. The second-order valence-electron chi connectivity index (χ2n) is 6.21. The standard InChI is InChI=1S/C18H38BrO6P/c1-2-3-4-5-6-7-8-9-10-11-13-22-15-16-23-17-18-25-26(20,21)24-14-12-19/h2-18H2,1H3,(H,20,21)/p-1. The van der Waals surface area contributed by atoms with Gasteiger partial charge in [-0.25, -0.2) is 0 Å². The van der Waals surface area contributed by atoms with Crippen LogP contribution in [0.3, 0.4) is 0 Å². The van der Waals surface area contributed by atoms with Crippen LogP contribution in [-0.4, -0.2) is 45.0 Å². The van der Waals surface area contributed by atoms with Gasteiger partial charge >= 0.3 is 0 Å². The Morgan fingerprint density at radius 3 is 1.73 bits per heavy atom. The quantitative estimate of drug-likeness (QED) is 0.139. The summed E-state index contributed by atoms with van der Waals surface area (Å²) in [6.07, 6.45) is 13.1. The maximum Gasteiger partial charge on any atom is 0.267 e. The minimum atomic E-state index is -4.19. The van der Waals surface area contributed by atoms with Crippen molar-refractivity contribution >= 4 is 23.8 Å². The Labute approximate surface area is 168 Å². The minimum absolute atomic E-state index is 0.0402. The monoisotopic (exact) mass is 459 g/mol. The molecule has 0 saturated carbocycles. The molecule has 0 amide bonds. The molecule has 0 rings (SSSR count). The number of halogens is 1. The van der Waals surface area contributed by atoms with E-state index < -0.39 is 7.82 Å². The van der Waals surface area contributed by atoms with E-state index in [1.807, 2.05) is 0 Å². The van der Waals surface area contributed by atoms with Gasteiger partial charge in [-0.15, -0.1) is 0 Å². The average Bonchev–Trinajstić information content (AvgIpc) is 2.62. The van der Waals surface area contributed by atoms with Crippen LogP contribution in [-0.2, 0) is 23.1 Å². The Hall–Kier alpha value is 0.510. The molecule has 0 radical (unpaired) electrons. The number of alkyl halides is 1. The van der Waals surface area contributed by atoms with Gasteiger partial charge in [0, 0.05) is 11.9 Å². The summed E-state index contributed by atoms with van der Waals surface area (Å²) in [4.78, 5) is 11.2. The van der Waals surface area contributed by atoms with Crippen LogP contribution in [0, 0.1) is 0 Å². The number of unbranched alkanes of at least 4 members (excludes halogenated alkanes) is 9. The molecule has 0 aliphatic rings. The highest BCUT2D eigenvalue weighted by molar-refractivity contribution is 9.09. The Balaban J connectivity index is 3.14. The molecule has 0 N–H and O–H groups in total. The summed E-state index contributed by atoms with van der Waals surface area (Å²) < 4.78 is 31.2. The average molecular weight is 460 g/mol. The van der Waals surface area contributed by atoms with Crippen LogP contribution >= 0.6 is 23.8 Å². The van der Waals surface area contributed by atoms with E-state index in [1.165, 1.54) is 57.8 Å². The van der Waals surface area contributed by atoms with Gasteiger partial charge in [-0.05, 0) is 6.42 Å². The van der Waals surface area contributed by atoms with Crippen molar-refractivity contribution in [2.75, 3.05) is 45.0 Å². The summed E-state index contributed by atoms with van der Waals surface area (Å²) >= 11 is 3.08. The van der Waals surface area contributed by atoms with Crippen LogP contribution in [0.2, 0.25) is 0 Å². The van der Waals surface area contributed by atoms with Crippen molar-refractivity contribution in [3.05, 3.63) is 0 Å². The summed E-state index contributed by atoms with van der Waals surface area (Å²) in [7, 11) is -4.19. The summed E-state index contributed by atoms with van der Waals surface area (Å²) in [5, 5.41) is 0.440. The molecule has 8 heteroatoms. The van der Waals surface area contributed by atoms with E-state index >= 15 is 0 Å². The predicted molar refractivity (Wildman–Crippen MR) is 107 cm³/mol. The van der Waals surface area contributed by atoms with Gasteiger partial charge in [-0.1, -0.05) is 80.6 Å². The van der Waals surface area contributed by atoms with Crippen LogP contribution in [0.25, 0.3) is 0 Å². The zero-order valence-electron chi connectivity index (χ0n) is 16.3. The van der Waals surface area contributed by atoms with Crippen molar-refractivity contribution in [3.63, 3.8) is 0 Å². The summed E-state index contributed by atoms with van der Waals surface area (Å²) in [6, 6.07) is 0. The fourth-order valence-corrected chi connectivity index (χ4v) is 3.50. The number of phosphoric acid groups is 1. The Morgan fingerprint density at radius 1 is 0.692 bits per heavy atom. The molecule has 0 spiro atoms. The molecule has 0 aliphatic carbocycles. The van der Waals surface area contributed by atoms with Crippen molar-refractivity contribution in [1.29, 1.82) is 0 Å². The van der Waals surface area contributed by atoms with Gasteiger partial charge in [0.05, 0.1) is 33.0 Å². The van der Waals surface area contributed by atoms with E-state index in [-0.39, 0.29) is 19.8 Å². The second kappa shape index (κ2) is 20.2. The molecule has 1 unspecified atom stereocenters. The Morgan fingerprint density at radius 2 is 1.15 bits per heavy atom. The van der Waals surface area contributed by atoms with Crippen LogP contribution in [0.1, 0.15) is 71.1 Å².